The minimum atomic E-state index is 0.818. The van der Waals surface area contributed by atoms with Crippen LogP contribution < -0.4 is 0 Å². The molecule has 0 bridgehead atoms. The molecule has 3 nitrogen and oxygen atoms in total. The third-order valence-electron chi connectivity index (χ3n) is 3.96. The average molecular weight is 264 g/mol. The van der Waals surface area contributed by atoms with Crippen LogP contribution in [0.3, 0.4) is 0 Å². The summed E-state index contributed by atoms with van der Waals surface area (Å²) in [4.78, 5) is 3.48. The largest absolute Gasteiger partial charge is 0.356 e. The minimum Gasteiger partial charge on any atom is -0.356 e. The predicted octanol–water partition coefficient (Wildman–Crippen LogP) is 4.22. The van der Waals surface area contributed by atoms with Gasteiger partial charge >= 0.3 is 0 Å². The van der Waals surface area contributed by atoms with Crippen molar-refractivity contribution in [1.29, 1.82) is 0 Å². The SMILES string of the molecule is c1ccc(-c2cc(-c3cc4c([nH]3)CCCC4)on2)cc1. The monoisotopic (exact) mass is 264 g/mol. The topological polar surface area (TPSA) is 41.8 Å². The standard InChI is InChI=1S/C17H16N2O/c1-2-6-12(7-3-1)15-11-17(20-19-15)16-10-13-8-4-5-9-14(13)18-16/h1-3,6-7,10-11,18H,4-5,8-9H2. The molecule has 0 spiro atoms. The van der Waals surface area contributed by atoms with Gasteiger partial charge < -0.3 is 9.51 Å². The van der Waals surface area contributed by atoms with E-state index in [2.05, 4.69) is 16.2 Å². The zero-order chi connectivity index (χ0) is 13.4. The Labute approximate surface area is 117 Å². The summed E-state index contributed by atoms with van der Waals surface area (Å²) in [6.45, 7) is 0. The Hall–Kier alpha value is -2.29. The number of aromatic nitrogens is 2. The van der Waals surface area contributed by atoms with Crippen LogP contribution in [0.25, 0.3) is 22.7 Å². The van der Waals surface area contributed by atoms with Gasteiger partial charge in [0.05, 0.1) is 5.69 Å². The Morgan fingerprint density at radius 3 is 2.70 bits per heavy atom. The maximum absolute atomic E-state index is 5.50. The average Bonchev–Trinajstić information content (AvgIpc) is 3.14. The fourth-order valence-corrected chi connectivity index (χ4v) is 2.88. The number of benzene rings is 1. The Kier molecular flexibility index (Phi) is 2.69. The molecule has 3 heteroatoms. The van der Waals surface area contributed by atoms with E-state index in [0.717, 1.165) is 29.1 Å². The lowest BCUT2D eigenvalue weighted by Gasteiger charge is -2.08. The van der Waals surface area contributed by atoms with Crippen molar-refractivity contribution in [2.45, 2.75) is 25.7 Å². The van der Waals surface area contributed by atoms with E-state index >= 15 is 0 Å². The highest BCUT2D eigenvalue weighted by Gasteiger charge is 2.16. The second-order valence-corrected chi connectivity index (χ2v) is 5.34. The van der Waals surface area contributed by atoms with Gasteiger partial charge in [-0.2, -0.15) is 0 Å². The fraction of sp³-hybridized carbons (Fsp3) is 0.235. The molecule has 0 radical (unpaired) electrons. The third kappa shape index (κ3) is 1.95. The number of hydrogen-bond acceptors (Lipinski definition) is 2. The molecule has 0 aliphatic heterocycles. The van der Waals surface area contributed by atoms with Crippen LogP contribution in [-0.2, 0) is 12.8 Å². The lowest BCUT2D eigenvalue weighted by atomic mass is 9.98. The molecular formula is C17H16N2O. The summed E-state index contributed by atoms with van der Waals surface area (Å²) in [6, 6.07) is 14.3. The van der Waals surface area contributed by atoms with Crippen molar-refractivity contribution < 1.29 is 4.52 Å². The van der Waals surface area contributed by atoms with Gasteiger partial charge in [-0.15, -0.1) is 0 Å². The molecule has 2 aromatic heterocycles. The zero-order valence-electron chi connectivity index (χ0n) is 11.2. The fourth-order valence-electron chi connectivity index (χ4n) is 2.88. The van der Waals surface area contributed by atoms with E-state index in [1.165, 1.54) is 30.5 Å². The van der Waals surface area contributed by atoms with Crippen LogP contribution in [0.15, 0.2) is 47.0 Å². The second-order valence-electron chi connectivity index (χ2n) is 5.34. The summed E-state index contributed by atoms with van der Waals surface area (Å²) in [5.41, 5.74) is 5.81. The van der Waals surface area contributed by atoms with Gasteiger partial charge in [0.2, 0.25) is 0 Å². The number of nitrogens with one attached hydrogen (secondary N) is 1. The van der Waals surface area contributed by atoms with Gasteiger partial charge in [0.1, 0.15) is 5.69 Å². The lowest BCUT2D eigenvalue weighted by molar-refractivity contribution is 0.434. The molecule has 1 aliphatic rings. The third-order valence-corrected chi connectivity index (χ3v) is 3.96. The molecule has 0 atom stereocenters. The molecule has 2 heterocycles. The Balaban J connectivity index is 1.70. The predicted molar refractivity (Wildman–Crippen MR) is 78.4 cm³/mol. The van der Waals surface area contributed by atoms with Gasteiger partial charge in [0, 0.05) is 17.3 Å². The quantitative estimate of drug-likeness (QED) is 0.753. The molecule has 1 aliphatic carbocycles. The van der Waals surface area contributed by atoms with Crippen LogP contribution in [0.2, 0.25) is 0 Å². The van der Waals surface area contributed by atoms with Crippen LogP contribution in [0.5, 0.6) is 0 Å². The molecule has 1 aromatic carbocycles. The molecule has 0 amide bonds. The molecule has 20 heavy (non-hydrogen) atoms. The number of aryl methyl sites for hydroxylation is 2. The van der Waals surface area contributed by atoms with Gasteiger partial charge in [-0.1, -0.05) is 35.5 Å². The van der Waals surface area contributed by atoms with Crippen molar-refractivity contribution in [3.05, 3.63) is 53.7 Å². The van der Waals surface area contributed by atoms with Crippen LogP contribution in [-0.4, -0.2) is 10.1 Å². The smallest absolute Gasteiger partial charge is 0.183 e. The highest BCUT2D eigenvalue weighted by atomic mass is 16.5. The van der Waals surface area contributed by atoms with Crippen molar-refractivity contribution in [2.75, 3.05) is 0 Å². The Morgan fingerprint density at radius 1 is 1.00 bits per heavy atom. The maximum atomic E-state index is 5.50. The molecule has 0 saturated carbocycles. The molecule has 3 aromatic rings. The van der Waals surface area contributed by atoms with Crippen LogP contribution in [0, 0.1) is 0 Å². The second kappa shape index (κ2) is 4.67. The Bertz CT molecular complexity index is 701. The zero-order valence-corrected chi connectivity index (χ0v) is 11.2. The summed E-state index contributed by atoms with van der Waals surface area (Å²) in [6.07, 6.45) is 4.88. The van der Waals surface area contributed by atoms with E-state index in [1.54, 1.807) is 0 Å². The first kappa shape index (κ1) is 11.5. The van der Waals surface area contributed by atoms with Crippen LogP contribution in [0.1, 0.15) is 24.1 Å². The number of nitrogens with zero attached hydrogens (tertiary/aromatic N) is 1. The van der Waals surface area contributed by atoms with Crippen molar-refractivity contribution >= 4 is 0 Å². The Morgan fingerprint density at radius 2 is 1.85 bits per heavy atom. The number of fused-ring (bicyclic) bond motifs is 1. The van der Waals surface area contributed by atoms with E-state index < -0.39 is 0 Å². The summed E-state index contributed by atoms with van der Waals surface area (Å²) < 4.78 is 5.50. The first-order valence-corrected chi connectivity index (χ1v) is 7.13. The summed E-state index contributed by atoms with van der Waals surface area (Å²) >= 11 is 0. The van der Waals surface area contributed by atoms with E-state index in [0.29, 0.717) is 0 Å². The van der Waals surface area contributed by atoms with Crippen LogP contribution >= 0.6 is 0 Å². The van der Waals surface area contributed by atoms with Gasteiger partial charge in [0.15, 0.2) is 5.76 Å². The van der Waals surface area contributed by atoms with Gasteiger partial charge in [-0.3, -0.25) is 0 Å². The van der Waals surface area contributed by atoms with Gasteiger partial charge in [0.25, 0.3) is 0 Å². The highest BCUT2D eigenvalue weighted by Crippen LogP contribution is 2.29. The molecule has 4 rings (SSSR count). The van der Waals surface area contributed by atoms with Crippen molar-refractivity contribution in [1.82, 2.24) is 10.1 Å². The van der Waals surface area contributed by atoms with Gasteiger partial charge in [-0.05, 0) is 37.3 Å². The van der Waals surface area contributed by atoms with E-state index in [9.17, 15) is 0 Å². The number of hydrogen-bond donors (Lipinski definition) is 1. The van der Waals surface area contributed by atoms with Crippen molar-refractivity contribution in [2.24, 2.45) is 0 Å². The number of aromatic amines is 1. The van der Waals surface area contributed by atoms with E-state index in [1.807, 2.05) is 36.4 Å². The minimum absolute atomic E-state index is 0.818. The molecule has 1 N–H and O–H groups in total. The maximum Gasteiger partial charge on any atom is 0.183 e. The molecular weight excluding hydrogens is 248 g/mol. The number of rotatable bonds is 2. The summed E-state index contributed by atoms with van der Waals surface area (Å²) in [5, 5.41) is 4.17. The molecule has 0 saturated heterocycles. The molecule has 0 unspecified atom stereocenters. The highest BCUT2D eigenvalue weighted by molar-refractivity contribution is 5.65. The summed E-state index contributed by atoms with van der Waals surface area (Å²) in [5.74, 6) is 0.818. The van der Waals surface area contributed by atoms with Crippen molar-refractivity contribution in [3.8, 4) is 22.7 Å². The van der Waals surface area contributed by atoms with Crippen molar-refractivity contribution in [3.63, 3.8) is 0 Å². The van der Waals surface area contributed by atoms with E-state index in [-0.39, 0.29) is 0 Å². The van der Waals surface area contributed by atoms with Gasteiger partial charge in [-0.25, -0.2) is 0 Å². The molecule has 100 valence electrons. The first-order chi connectivity index (χ1) is 9.90. The summed E-state index contributed by atoms with van der Waals surface area (Å²) in [7, 11) is 0. The number of H-pyrrole nitrogens is 1. The molecule has 0 fully saturated rings. The van der Waals surface area contributed by atoms with Crippen LogP contribution in [0.4, 0.5) is 0 Å². The normalized spacial score (nSPS) is 14.2. The van der Waals surface area contributed by atoms with E-state index in [4.69, 9.17) is 4.52 Å². The first-order valence-electron chi connectivity index (χ1n) is 7.13. The lowest BCUT2D eigenvalue weighted by Crippen LogP contribution is -1.99.